The maximum absolute atomic E-state index is 14.4. The number of methoxy groups -OCH3 is 1. The van der Waals surface area contributed by atoms with Crippen LogP contribution in [0.4, 0.5) is 4.79 Å². The molecule has 11 nitrogen and oxygen atoms in total. The first-order valence-electron chi connectivity index (χ1n) is 16.6. The van der Waals surface area contributed by atoms with Gasteiger partial charge in [-0.25, -0.2) is 14.8 Å². The van der Waals surface area contributed by atoms with Crippen molar-refractivity contribution in [1.29, 1.82) is 0 Å². The third kappa shape index (κ3) is 6.33. The predicted octanol–water partition coefficient (Wildman–Crippen LogP) is 4.63. The third-order valence-corrected chi connectivity index (χ3v) is 10.3. The molecule has 0 unspecified atom stereocenters. The number of rotatable bonds is 4. The van der Waals surface area contributed by atoms with Gasteiger partial charge in [-0.05, 0) is 69.9 Å². The van der Waals surface area contributed by atoms with Crippen LogP contribution in [0.25, 0.3) is 11.0 Å². The lowest BCUT2D eigenvalue weighted by Gasteiger charge is -2.45. The lowest BCUT2D eigenvalue weighted by molar-refractivity contribution is -0.158. The summed E-state index contributed by atoms with van der Waals surface area (Å²) in [6, 6.07) is 4.02. The maximum Gasteiger partial charge on any atom is 0.408 e. The van der Waals surface area contributed by atoms with E-state index in [0.29, 0.717) is 49.1 Å². The molecule has 6 atom stereocenters. The number of nitrogens with zero attached hydrogens (tertiary/aromatic N) is 3. The molecule has 3 fully saturated rings. The van der Waals surface area contributed by atoms with Crippen LogP contribution >= 0.6 is 0 Å². The van der Waals surface area contributed by atoms with Crippen LogP contribution in [0.3, 0.4) is 0 Å². The number of alkyl carbamates (subject to hydrolysis) is 1. The van der Waals surface area contributed by atoms with Crippen LogP contribution in [0.1, 0.15) is 77.8 Å². The molecule has 0 radical (unpaired) electrons. The molecule has 6 rings (SSSR count). The Hall–Kier alpha value is -3.47. The number of ether oxygens (including phenoxy) is 4. The summed E-state index contributed by atoms with van der Waals surface area (Å²) in [5.74, 6) is 0.709. The molecule has 1 N–H and O–H groups in total. The Kier molecular flexibility index (Phi) is 9.17. The second kappa shape index (κ2) is 13.1. The Balaban J connectivity index is 1.38. The Morgan fingerprint density at radius 2 is 1.84 bits per heavy atom. The number of carbonyl (C=O) groups is 3. The van der Waals surface area contributed by atoms with Gasteiger partial charge in [0.25, 0.3) is 0 Å². The normalized spacial score (nSPS) is 30.5. The van der Waals surface area contributed by atoms with E-state index in [0.717, 1.165) is 56.2 Å². The number of hydrogen-bond acceptors (Lipinski definition) is 9. The van der Waals surface area contributed by atoms with E-state index < -0.39 is 29.7 Å². The number of carbonyl (C=O) groups excluding carboxylic acids is 3. The summed E-state index contributed by atoms with van der Waals surface area (Å²) in [6.45, 7) is 6.29. The summed E-state index contributed by atoms with van der Waals surface area (Å²) in [5, 5.41) is 2.93. The second-order valence-electron chi connectivity index (χ2n) is 13.6. The van der Waals surface area contributed by atoms with Gasteiger partial charge in [-0.1, -0.05) is 26.7 Å². The monoisotopic (exact) mass is 622 g/mol. The van der Waals surface area contributed by atoms with Gasteiger partial charge in [-0.2, -0.15) is 0 Å². The first kappa shape index (κ1) is 31.5. The molecule has 0 spiro atoms. The van der Waals surface area contributed by atoms with E-state index in [1.807, 2.05) is 32.0 Å². The molecule has 244 valence electrons. The number of nitrogens with one attached hydrogen (secondary N) is 1. The fraction of sp³-hybridized carbons (Fsp3) is 0.676. The van der Waals surface area contributed by atoms with Crippen LogP contribution in [0.5, 0.6) is 11.6 Å². The van der Waals surface area contributed by atoms with E-state index in [-0.39, 0.29) is 30.3 Å². The fourth-order valence-corrected chi connectivity index (χ4v) is 7.76. The average molecular weight is 623 g/mol. The summed E-state index contributed by atoms with van der Waals surface area (Å²) < 4.78 is 23.6. The number of Topliss-reactive ketones (excluding diaryl/α,β-unsaturated/α-hetero) is 1. The van der Waals surface area contributed by atoms with Crippen molar-refractivity contribution < 1.29 is 33.3 Å². The molecule has 45 heavy (non-hydrogen) atoms. The van der Waals surface area contributed by atoms with Crippen molar-refractivity contribution in [3.8, 4) is 11.6 Å². The Labute approximate surface area is 264 Å². The smallest absolute Gasteiger partial charge is 0.408 e. The SMILES string of the molecule is CC[C@@H]1[C@@H]2CN(C(=O)[C@H](C3(C)COC3)NC(=O)O[C@@H]3CCC[C@H]3CCCCCc3nc4ccc(OC)cc4nc3O2)[C@@H]1C(C)=O. The number of aryl methyl sites for hydroxylation is 1. The Morgan fingerprint density at radius 1 is 1.04 bits per heavy atom. The van der Waals surface area contributed by atoms with Crippen molar-refractivity contribution in [2.75, 3.05) is 26.9 Å². The molecule has 2 bridgehead atoms. The standard InChI is InChI=1S/C34H46N4O7/c1-5-23-28-17-38(29(23)20(2)39)32(40)30(34(3)18-43-19-34)37-33(41)45-27-13-9-11-21(27)10-7-6-8-12-25-31(44-28)36-26-16-22(42-4)14-15-24(26)35-25/h14-16,21,23,27-30H,5-13,17-19H2,1-4H3,(H,37,41)/t21-,23-,27-,28+,29-,30-/m1/s1. The van der Waals surface area contributed by atoms with Gasteiger partial charge in [0.1, 0.15) is 29.7 Å². The number of hydrogen-bond donors (Lipinski definition) is 1. The highest BCUT2D eigenvalue weighted by molar-refractivity contribution is 5.93. The van der Waals surface area contributed by atoms with Gasteiger partial charge >= 0.3 is 6.09 Å². The van der Waals surface area contributed by atoms with Gasteiger partial charge in [0.05, 0.1) is 43.9 Å². The highest BCUT2D eigenvalue weighted by Crippen LogP contribution is 2.38. The highest BCUT2D eigenvalue weighted by Gasteiger charge is 2.53. The number of benzene rings is 1. The van der Waals surface area contributed by atoms with Crippen molar-refractivity contribution in [2.45, 2.75) is 103 Å². The zero-order valence-corrected chi connectivity index (χ0v) is 26.9. The summed E-state index contributed by atoms with van der Waals surface area (Å²) in [6.07, 6.45) is 6.87. The molecule has 4 heterocycles. The molecule has 1 aromatic carbocycles. The van der Waals surface area contributed by atoms with Crippen molar-refractivity contribution in [3.63, 3.8) is 0 Å². The topological polar surface area (TPSA) is 129 Å². The van der Waals surface area contributed by atoms with Gasteiger partial charge in [-0.3, -0.25) is 9.59 Å². The first-order valence-corrected chi connectivity index (χ1v) is 16.6. The predicted molar refractivity (Wildman–Crippen MR) is 166 cm³/mol. The molecular weight excluding hydrogens is 576 g/mol. The molecule has 2 amide bonds. The minimum absolute atomic E-state index is 0.119. The molecule has 2 aromatic rings. The van der Waals surface area contributed by atoms with Crippen LogP contribution in [-0.4, -0.2) is 83.8 Å². The summed E-state index contributed by atoms with van der Waals surface area (Å²) in [4.78, 5) is 52.5. The van der Waals surface area contributed by atoms with Gasteiger partial charge < -0.3 is 29.2 Å². The summed E-state index contributed by atoms with van der Waals surface area (Å²) in [7, 11) is 1.61. The maximum atomic E-state index is 14.4. The number of amides is 2. The van der Waals surface area contributed by atoms with Gasteiger partial charge in [-0.15, -0.1) is 0 Å². The van der Waals surface area contributed by atoms with E-state index >= 15 is 0 Å². The minimum atomic E-state index is -0.904. The Morgan fingerprint density at radius 3 is 2.56 bits per heavy atom. The average Bonchev–Trinajstić information content (AvgIpc) is 3.61. The fourth-order valence-electron chi connectivity index (χ4n) is 7.76. The highest BCUT2D eigenvalue weighted by atomic mass is 16.6. The van der Waals surface area contributed by atoms with Gasteiger partial charge in [0.2, 0.25) is 11.8 Å². The lowest BCUT2D eigenvalue weighted by atomic mass is 9.79. The van der Waals surface area contributed by atoms with E-state index in [2.05, 4.69) is 5.32 Å². The molecule has 1 saturated carbocycles. The lowest BCUT2D eigenvalue weighted by Crippen LogP contribution is -2.64. The second-order valence-corrected chi connectivity index (χ2v) is 13.6. The quantitative estimate of drug-likeness (QED) is 0.519. The summed E-state index contributed by atoms with van der Waals surface area (Å²) in [5.41, 5.74) is 1.58. The largest absolute Gasteiger partial charge is 0.497 e. The van der Waals surface area contributed by atoms with E-state index in [1.54, 1.807) is 12.0 Å². The Bertz CT molecular complexity index is 1430. The van der Waals surface area contributed by atoms with Crippen LogP contribution in [0.15, 0.2) is 18.2 Å². The van der Waals surface area contributed by atoms with E-state index in [4.69, 9.17) is 28.9 Å². The van der Waals surface area contributed by atoms with Crippen molar-refractivity contribution >= 4 is 28.8 Å². The zero-order chi connectivity index (χ0) is 31.7. The zero-order valence-electron chi connectivity index (χ0n) is 26.9. The number of ketones is 1. The molecule has 1 aromatic heterocycles. The molecule has 2 saturated heterocycles. The van der Waals surface area contributed by atoms with E-state index in [1.165, 1.54) is 6.92 Å². The van der Waals surface area contributed by atoms with Crippen LogP contribution in [-0.2, 0) is 25.5 Å². The van der Waals surface area contributed by atoms with Gasteiger partial charge in [0, 0.05) is 17.4 Å². The van der Waals surface area contributed by atoms with Gasteiger partial charge in [0.15, 0.2) is 5.78 Å². The summed E-state index contributed by atoms with van der Waals surface area (Å²) >= 11 is 0. The van der Waals surface area contributed by atoms with Crippen molar-refractivity contribution in [3.05, 3.63) is 23.9 Å². The third-order valence-electron chi connectivity index (χ3n) is 10.3. The molecule has 1 aliphatic carbocycles. The molecule has 4 aliphatic rings. The first-order chi connectivity index (χ1) is 21.7. The number of fused-ring (bicyclic) bond motifs is 5. The van der Waals surface area contributed by atoms with Crippen molar-refractivity contribution in [2.24, 2.45) is 17.3 Å². The number of aromatic nitrogens is 2. The van der Waals surface area contributed by atoms with E-state index in [9.17, 15) is 14.4 Å². The van der Waals surface area contributed by atoms with Crippen LogP contribution in [0, 0.1) is 17.3 Å². The van der Waals surface area contributed by atoms with Crippen molar-refractivity contribution in [1.82, 2.24) is 20.2 Å². The minimum Gasteiger partial charge on any atom is -0.497 e. The molecule has 11 heteroatoms. The van der Waals surface area contributed by atoms with Crippen LogP contribution in [0.2, 0.25) is 0 Å². The molecular formula is C34H46N4O7. The van der Waals surface area contributed by atoms with Crippen LogP contribution < -0.4 is 14.8 Å². The molecule has 3 aliphatic heterocycles.